The van der Waals surface area contributed by atoms with Gasteiger partial charge in [-0.2, -0.15) is 0 Å². The van der Waals surface area contributed by atoms with Crippen LogP contribution in [0.4, 0.5) is 11.4 Å². The van der Waals surface area contributed by atoms with Crippen LogP contribution in [0.2, 0.25) is 0 Å². The molecule has 1 heterocycles. The number of rotatable bonds is 3. The molecule has 3 N–H and O–H groups in total. The van der Waals surface area contributed by atoms with Crippen molar-refractivity contribution >= 4 is 17.3 Å². The van der Waals surface area contributed by atoms with Crippen molar-refractivity contribution in [3.05, 3.63) is 48.3 Å². The van der Waals surface area contributed by atoms with Crippen LogP contribution in [0.25, 0.3) is 0 Å². The van der Waals surface area contributed by atoms with Gasteiger partial charge in [-0.25, -0.2) is 0 Å². The van der Waals surface area contributed by atoms with Crippen LogP contribution in [-0.4, -0.2) is 18.0 Å². The number of nitrogen functional groups attached to an aromatic ring is 1. The average Bonchev–Trinajstić information content (AvgIpc) is 2.41. The number of ether oxygens (including phenoxy) is 1. The third kappa shape index (κ3) is 2.57. The molecule has 0 aliphatic carbocycles. The van der Waals surface area contributed by atoms with Gasteiger partial charge in [0.25, 0.3) is 5.91 Å². The Kier molecular flexibility index (Phi) is 3.43. The van der Waals surface area contributed by atoms with Crippen molar-refractivity contribution in [3.8, 4) is 5.75 Å². The molecule has 0 saturated carbocycles. The standard InChI is InChI=1S/C13H13N3O2/c1-18-10-4-2-9(3-5-10)13(17)16-12-8-15-7-6-11(12)14/h2-8H,1H3,(H2,14,15)(H,16,17). The van der Waals surface area contributed by atoms with E-state index < -0.39 is 0 Å². The number of hydrogen-bond donors (Lipinski definition) is 2. The number of pyridine rings is 1. The molecule has 0 aliphatic rings. The first-order chi connectivity index (χ1) is 8.70. The van der Waals surface area contributed by atoms with Crippen LogP contribution in [-0.2, 0) is 0 Å². The summed E-state index contributed by atoms with van der Waals surface area (Å²) in [4.78, 5) is 15.8. The van der Waals surface area contributed by atoms with Gasteiger partial charge in [-0.15, -0.1) is 0 Å². The van der Waals surface area contributed by atoms with E-state index in [4.69, 9.17) is 10.5 Å². The van der Waals surface area contributed by atoms with Crippen LogP contribution in [0.5, 0.6) is 5.75 Å². The van der Waals surface area contributed by atoms with Gasteiger partial charge in [-0.3, -0.25) is 9.78 Å². The Morgan fingerprint density at radius 2 is 2.00 bits per heavy atom. The summed E-state index contributed by atoms with van der Waals surface area (Å²) in [5.74, 6) is 0.463. The zero-order valence-corrected chi connectivity index (χ0v) is 9.88. The van der Waals surface area contributed by atoms with Crippen molar-refractivity contribution in [2.24, 2.45) is 0 Å². The highest BCUT2D eigenvalue weighted by Crippen LogP contribution is 2.17. The smallest absolute Gasteiger partial charge is 0.255 e. The molecule has 5 heteroatoms. The number of benzene rings is 1. The molecule has 0 radical (unpaired) electrons. The zero-order chi connectivity index (χ0) is 13.0. The van der Waals surface area contributed by atoms with Gasteiger partial charge in [0.05, 0.1) is 24.7 Å². The second kappa shape index (κ2) is 5.18. The maximum absolute atomic E-state index is 11.9. The van der Waals surface area contributed by atoms with Crippen LogP contribution in [0.1, 0.15) is 10.4 Å². The zero-order valence-electron chi connectivity index (χ0n) is 9.88. The number of carbonyl (C=O) groups is 1. The Balaban J connectivity index is 2.14. The first kappa shape index (κ1) is 11.9. The molecule has 2 aromatic rings. The summed E-state index contributed by atoms with van der Waals surface area (Å²) in [5, 5.41) is 2.70. The number of anilines is 2. The molecule has 1 aromatic carbocycles. The Bertz CT molecular complexity index is 552. The lowest BCUT2D eigenvalue weighted by Gasteiger charge is -2.07. The third-order valence-electron chi connectivity index (χ3n) is 2.46. The fourth-order valence-corrected chi connectivity index (χ4v) is 1.45. The Hall–Kier alpha value is -2.56. The van der Waals surface area contributed by atoms with Crippen molar-refractivity contribution in [1.82, 2.24) is 4.98 Å². The normalized spacial score (nSPS) is 9.83. The number of nitrogens with zero attached hydrogens (tertiary/aromatic N) is 1. The molecule has 1 aromatic heterocycles. The second-order valence-electron chi connectivity index (χ2n) is 3.65. The SMILES string of the molecule is COc1ccc(C(=O)Nc2cnccc2N)cc1. The predicted molar refractivity (Wildman–Crippen MR) is 69.6 cm³/mol. The topological polar surface area (TPSA) is 77.2 Å². The number of nitrogens with two attached hydrogens (primary N) is 1. The average molecular weight is 243 g/mol. The van der Waals surface area contributed by atoms with Gasteiger partial charge in [0, 0.05) is 11.8 Å². The molecule has 0 spiro atoms. The summed E-state index contributed by atoms with van der Waals surface area (Å²) in [5.41, 5.74) is 7.22. The summed E-state index contributed by atoms with van der Waals surface area (Å²) >= 11 is 0. The van der Waals surface area contributed by atoms with Crippen molar-refractivity contribution in [3.63, 3.8) is 0 Å². The lowest BCUT2D eigenvalue weighted by Crippen LogP contribution is -2.13. The second-order valence-corrected chi connectivity index (χ2v) is 3.65. The lowest BCUT2D eigenvalue weighted by atomic mass is 10.2. The molecule has 1 amide bonds. The minimum atomic E-state index is -0.239. The molecule has 0 atom stereocenters. The molecule has 0 saturated heterocycles. The van der Waals surface area contributed by atoms with Gasteiger partial charge < -0.3 is 15.8 Å². The molecule has 0 aliphatic heterocycles. The summed E-state index contributed by atoms with van der Waals surface area (Å²) in [6.07, 6.45) is 3.08. The van der Waals surface area contributed by atoms with Crippen LogP contribution in [0, 0.1) is 0 Å². The number of nitrogens with one attached hydrogen (secondary N) is 1. The largest absolute Gasteiger partial charge is 0.497 e. The van der Waals surface area contributed by atoms with Gasteiger partial charge in [-0.05, 0) is 30.3 Å². The van der Waals surface area contributed by atoms with Gasteiger partial charge in [0.2, 0.25) is 0 Å². The van der Waals surface area contributed by atoms with Crippen molar-refractivity contribution in [2.75, 3.05) is 18.2 Å². The van der Waals surface area contributed by atoms with Crippen LogP contribution in [0.15, 0.2) is 42.7 Å². The molecule has 0 unspecified atom stereocenters. The quantitative estimate of drug-likeness (QED) is 0.863. The monoisotopic (exact) mass is 243 g/mol. The first-order valence-corrected chi connectivity index (χ1v) is 5.35. The van der Waals surface area contributed by atoms with Gasteiger partial charge in [-0.1, -0.05) is 0 Å². The van der Waals surface area contributed by atoms with Gasteiger partial charge in [0.15, 0.2) is 0 Å². The number of methoxy groups -OCH3 is 1. The number of hydrogen-bond acceptors (Lipinski definition) is 4. The van der Waals surface area contributed by atoms with E-state index >= 15 is 0 Å². The van der Waals surface area contributed by atoms with E-state index in [0.29, 0.717) is 22.7 Å². The van der Waals surface area contributed by atoms with Crippen molar-refractivity contribution < 1.29 is 9.53 Å². The summed E-state index contributed by atoms with van der Waals surface area (Å²) in [6, 6.07) is 8.44. The minimum absolute atomic E-state index is 0.239. The van der Waals surface area contributed by atoms with Gasteiger partial charge >= 0.3 is 0 Å². The summed E-state index contributed by atoms with van der Waals surface area (Å²) < 4.78 is 5.02. The van der Waals surface area contributed by atoms with E-state index in [0.717, 1.165) is 0 Å². The Morgan fingerprint density at radius 3 is 2.61 bits per heavy atom. The van der Waals surface area contributed by atoms with E-state index in [2.05, 4.69) is 10.3 Å². The molecule has 0 fully saturated rings. The highest BCUT2D eigenvalue weighted by atomic mass is 16.5. The van der Waals surface area contributed by atoms with Crippen molar-refractivity contribution in [1.29, 1.82) is 0 Å². The highest BCUT2D eigenvalue weighted by molar-refractivity contribution is 6.05. The lowest BCUT2D eigenvalue weighted by molar-refractivity contribution is 0.102. The highest BCUT2D eigenvalue weighted by Gasteiger charge is 2.07. The van der Waals surface area contributed by atoms with E-state index in [1.165, 1.54) is 6.20 Å². The third-order valence-corrected chi connectivity index (χ3v) is 2.46. The van der Waals surface area contributed by atoms with Gasteiger partial charge in [0.1, 0.15) is 5.75 Å². The van der Waals surface area contributed by atoms with E-state index in [-0.39, 0.29) is 5.91 Å². The molecular formula is C13H13N3O2. The van der Waals surface area contributed by atoms with E-state index in [9.17, 15) is 4.79 Å². The summed E-state index contributed by atoms with van der Waals surface area (Å²) in [6.45, 7) is 0. The fourth-order valence-electron chi connectivity index (χ4n) is 1.45. The van der Waals surface area contributed by atoms with E-state index in [1.807, 2.05) is 0 Å². The van der Waals surface area contributed by atoms with E-state index in [1.54, 1.807) is 43.6 Å². The van der Waals surface area contributed by atoms with Crippen LogP contribution < -0.4 is 15.8 Å². The minimum Gasteiger partial charge on any atom is -0.497 e. The fraction of sp³-hybridized carbons (Fsp3) is 0.0769. The molecule has 0 bridgehead atoms. The Labute approximate surface area is 105 Å². The molecule has 2 rings (SSSR count). The van der Waals surface area contributed by atoms with Crippen LogP contribution >= 0.6 is 0 Å². The number of carbonyl (C=O) groups excluding carboxylic acids is 1. The molecular weight excluding hydrogens is 230 g/mol. The maximum Gasteiger partial charge on any atom is 0.255 e. The molecule has 5 nitrogen and oxygen atoms in total. The number of amides is 1. The van der Waals surface area contributed by atoms with Crippen molar-refractivity contribution in [2.45, 2.75) is 0 Å². The van der Waals surface area contributed by atoms with Crippen LogP contribution in [0.3, 0.4) is 0 Å². The molecule has 18 heavy (non-hydrogen) atoms. The predicted octanol–water partition coefficient (Wildman–Crippen LogP) is 1.92. The number of aromatic nitrogens is 1. The molecule has 92 valence electrons. The maximum atomic E-state index is 11.9. The Morgan fingerprint density at radius 1 is 1.28 bits per heavy atom. The first-order valence-electron chi connectivity index (χ1n) is 5.35. The summed E-state index contributed by atoms with van der Waals surface area (Å²) in [7, 11) is 1.57.